The van der Waals surface area contributed by atoms with Gasteiger partial charge in [-0.15, -0.1) is 0 Å². The van der Waals surface area contributed by atoms with Gasteiger partial charge in [0, 0.05) is 7.05 Å². The monoisotopic (exact) mass is 330 g/mol. The van der Waals surface area contributed by atoms with Gasteiger partial charge < -0.3 is 10.0 Å². The van der Waals surface area contributed by atoms with E-state index in [2.05, 4.69) is 12.1 Å². The van der Waals surface area contributed by atoms with Gasteiger partial charge in [0.2, 0.25) is 5.91 Å². The molecule has 1 heterocycles. The summed E-state index contributed by atoms with van der Waals surface area (Å²) >= 11 is 0. The van der Waals surface area contributed by atoms with Crippen molar-refractivity contribution in [3.05, 3.63) is 35.4 Å². The van der Waals surface area contributed by atoms with E-state index in [1.54, 1.807) is 0 Å². The molecule has 2 unspecified atom stereocenters. The van der Waals surface area contributed by atoms with Crippen molar-refractivity contribution in [3.8, 4) is 0 Å². The average Bonchev–Trinajstić information content (AvgIpc) is 2.61. The molecule has 1 aliphatic carbocycles. The van der Waals surface area contributed by atoms with Gasteiger partial charge in [-0.3, -0.25) is 14.5 Å². The maximum Gasteiger partial charge on any atom is 0.320 e. The number of carboxylic acids is 1. The number of carboxylic acid groups (broad SMARTS) is 1. The van der Waals surface area contributed by atoms with E-state index in [-0.39, 0.29) is 18.5 Å². The molecule has 1 fully saturated rings. The van der Waals surface area contributed by atoms with E-state index < -0.39 is 12.0 Å². The lowest BCUT2D eigenvalue weighted by Crippen LogP contribution is -2.49. The van der Waals surface area contributed by atoms with Gasteiger partial charge in [0.05, 0.1) is 12.6 Å². The molecule has 0 spiro atoms. The number of aliphatic carboxylic acids is 1. The van der Waals surface area contributed by atoms with E-state index in [0.29, 0.717) is 13.0 Å². The molecule has 130 valence electrons. The third kappa shape index (κ3) is 3.46. The molecular formula is C19H26N2O3. The summed E-state index contributed by atoms with van der Waals surface area (Å²) in [6.45, 7) is 0.893. The minimum absolute atomic E-state index is 0.0184. The molecule has 1 aromatic carbocycles. The third-order valence-corrected chi connectivity index (χ3v) is 5.44. The Kier molecular flexibility index (Phi) is 5.19. The number of nitrogens with zero attached hydrogens (tertiary/aromatic N) is 2. The number of carbonyl (C=O) groups is 2. The number of aryl methyl sites for hydroxylation is 1. The fourth-order valence-corrected chi connectivity index (χ4v) is 4.05. The van der Waals surface area contributed by atoms with Crippen molar-refractivity contribution in [2.75, 3.05) is 20.1 Å². The summed E-state index contributed by atoms with van der Waals surface area (Å²) in [6.07, 6.45) is 5.66. The van der Waals surface area contributed by atoms with Crippen LogP contribution in [-0.4, -0.2) is 53.0 Å². The predicted octanol–water partition coefficient (Wildman–Crippen LogP) is 2.46. The van der Waals surface area contributed by atoms with Gasteiger partial charge in [-0.05, 0) is 49.8 Å². The zero-order chi connectivity index (χ0) is 17.1. The molecule has 1 N–H and O–H groups in total. The molecule has 1 aliphatic heterocycles. The Morgan fingerprint density at radius 1 is 1.21 bits per heavy atom. The van der Waals surface area contributed by atoms with Crippen LogP contribution in [0.25, 0.3) is 0 Å². The molecule has 5 heteroatoms. The number of fused-ring (bicyclic) bond motifs is 1. The van der Waals surface area contributed by atoms with Crippen LogP contribution in [-0.2, 0) is 16.0 Å². The minimum Gasteiger partial charge on any atom is -0.480 e. The molecule has 1 amide bonds. The zero-order valence-electron chi connectivity index (χ0n) is 14.3. The van der Waals surface area contributed by atoms with Crippen LogP contribution >= 0.6 is 0 Å². The van der Waals surface area contributed by atoms with Gasteiger partial charge in [0.1, 0.15) is 6.04 Å². The van der Waals surface area contributed by atoms with Gasteiger partial charge in [-0.1, -0.05) is 30.7 Å². The SMILES string of the molecule is CN(C(=O)CN1CCCCC1C(=O)O)C1CCCc2ccccc21. The van der Waals surface area contributed by atoms with Crippen molar-refractivity contribution in [1.29, 1.82) is 0 Å². The maximum absolute atomic E-state index is 12.8. The molecule has 5 nitrogen and oxygen atoms in total. The van der Waals surface area contributed by atoms with E-state index in [1.165, 1.54) is 11.1 Å². The highest BCUT2D eigenvalue weighted by Crippen LogP contribution is 2.33. The van der Waals surface area contributed by atoms with Crippen LogP contribution in [0, 0.1) is 0 Å². The molecule has 2 aliphatic rings. The van der Waals surface area contributed by atoms with Crippen molar-refractivity contribution in [2.45, 2.75) is 50.6 Å². The Bertz CT molecular complexity index is 616. The summed E-state index contributed by atoms with van der Waals surface area (Å²) in [5.41, 5.74) is 2.57. The summed E-state index contributed by atoms with van der Waals surface area (Å²) in [7, 11) is 1.86. The molecule has 1 saturated heterocycles. The number of piperidine rings is 1. The number of hydrogen-bond donors (Lipinski definition) is 1. The second-order valence-electron chi connectivity index (χ2n) is 6.93. The number of likely N-dealkylation sites (tertiary alicyclic amines) is 1. The maximum atomic E-state index is 12.8. The first kappa shape index (κ1) is 17.0. The van der Waals surface area contributed by atoms with Crippen molar-refractivity contribution in [1.82, 2.24) is 9.80 Å². The fraction of sp³-hybridized carbons (Fsp3) is 0.579. The quantitative estimate of drug-likeness (QED) is 0.921. The zero-order valence-corrected chi connectivity index (χ0v) is 14.3. The summed E-state index contributed by atoms with van der Waals surface area (Å²) in [5, 5.41) is 9.37. The third-order valence-electron chi connectivity index (χ3n) is 5.44. The second-order valence-corrected chi connectivity index (χ2v) is 6.93. The smallest absolute Gasteiger partial charge is 0.320 e. The van der Waals surface area contributed by atoms with Gasteiger partial charge >= 0.3 is 5.97 Å². The molecule has 3 rings (SSSR count). The van der Waals surface area contributed by atoms with Gasteiger partial charge in [0.15, 0.2) is 0 Å². The highest BCUT2D eigenvalue weighted by Gasteiger charge is 2.32. The standard InChI is InChI=1S/C19H26N2O3/c1-20(16-11-6-8-14-7-2-3-9-15(14)16)18(22)13-21-12-5-4-10-17(21)19(23)24/h2-3,7,9,16-17H,4-6,8,10-13H2,1H3,(H,23,24). The van der Waals surface area contributed by atoms with Crippen LogP contribution in [0.3, 0.4) is 0 Å². The van der Waals surface area contributed by atoms with E-state index in [1.807, 2.05) is 29.0 Å². The first-order valence-corrected chi connectivity index (χ1v) is 8.88. The number of carbonyl (C=O) groups excluding carboxylic acids is 1. The van der Waals surface area contributed by atoms with Gasteiger partial charge in [0.25, 0.3) is 0 Å². The topological polar surface area (TPSA) is 60.9 Å². The number of likely N-dealkylation sites (N-methyl/N-ethyl adjacent to an activating group) is 1. The number of rotatable bonds is 4. The Morgan fingerprint density at radius 3 is 2.79 bits per heavy atom. The summed E-state index contributed by atoms with van der Waals surface area (Å²) in [6, 6.07) is 7.93. The van der Waals surface area contributed by atoms with Crippen LogP contribution in [0.4, 0.5) is 0 Å². The van der Waals surface area contributed by atoms with Crippen molar-refractivity contribution < 1.29 is 14.7 Å². The van der Waals surface area contributed by atoms with E-state index in [9.17, 15) is 14.7 Å². The number of amides is 1. The summed E-state index contributed by atoms with van der Waals surface area (Å²) in [5.74, 6) is -0.794. The lowest BCUT2D eigenvalue weighted by molar-refractivity contribution is -0.146. The average molecular weight is 330 g/mol. The van der Waals surface area contributed by atoms with E-state index >= 15 is 0 Å². The highest BCUT2D eigenvalue weighted by atomic mass is 16.4. The first-order valence-electron chi connectivity index (χ1n) is 8.88. The van der Waals surface area contributed by atoms with Crippen LogP contribution in [0.5, 0.6) is 0 Å². The minimum atomic E-state index is -0.812. The normalized spacial score (nSPS) is 24.2. The molecule has 24 heavy (non-hydrogen) atoms. The molecule has 2 atom stereocenters. The van der Waals surface area contributed by atoms with E-state index in [4.69, 9.17) is 0 Å². The van der Waals surface area contributed by atoms with Crippen LogP contribution in [0.15, 0.2) is 24.3 Å². The molecular weight excluding hydrogens is 304 g/mol. The lowest BCUT2D eigenvalue weighted by atomic mass is 9.87. The molecule has 0 saturated carbocycles. The Hall–Kier alpha value is -1.88. The van der Waals surface area contributed by atoms with Gasteiger partial charge in [-0.25, -0.2) is 0 Å². The Balaban J connectivity index is 1.70. The summed E-state index contributed by atoms with van der Waals surface area (Å²) in [4.78, 5) is 27.9. The lowest BCUT2D eigenvalue weighted by Gasteiger charge is -2.37. The fourth-order valence-electron chi connectivity index (χ4n) is 4.05. The molecule has 0 radical (unpaired) electrons. The van der Waals surface area contributed by atoms with Crippen LogP contribution in [0.1, 0.15) is 49.3 Å². The van der Waals surface area contributed by atoms with Crippen molar-refractivity contribution in [2.24, 2.45) is 0 Å². The van der Waals surface area contributed by atoms with Crippen molar-refractivity contribution >= 4 is 11.9 Å². The summed E-state index contributed by atoms with van der Waals surface area (Å²) < 4.78 is 0. The highest BCUT2D eigenvalue weighted by molar-refractivity contribution is 5.80. The number of hydrogen-bond acceptors (Lipinski definition) is 3. The van der Waals surface area contributed by atoms with E-state index in [0.717, 1.165) is 32.1 Å². The van der Waals surface area contributed by atoms with Crippen LogP contribution in [0.2, 0.25) is 0 Å². The van der Waals surface area contributed by atoms with Crippen LogP contribution < -0.4 is 0 Å². The second kappa shape index (κ2) is 7.34. The molecule has 0 aromatic heterocycles. The predicted molar refractivity (Wildman–Crippen MR) is 91.7 cm³/mol. The van der Waals surface area contributed by atoms with Crippen molar-refractivity contribution in [3.63, 3.8) is 0 Å². The molecule has 1 aromatic rings. The molecule has 0 bridgehead atoms. The number of benzene rings is 1. The first-order chi connectivity index (χ1) is 11.6. The largest absolute Gasteiger partial charge is 0.480 e. The Morgan fingerprint density at radius 2 is 2.00 bits per heavy atom. The van der Waals surface area contributed by atoms with Gasteiger partial charge in [-0.2, -0.15) is 0 Å². The Labute approximate surface area is 143 Å².